The van der Waals surface area contributed by atoms with Crippen LogP contribution in [0.5, 0.6) is 0 Å². The number of guanidine groups is 1. The van der Waals surface area contributed by atoms with Gasteiger partial charge in [-0.25, -0.2) is 0 Å². The van der Waals surface area contributed by atoms with Gasteiger partial charge in [0.25, 0.3) is 0 Å². The predicted octanol–water partition coefficient (Wildman–Crippen LogP) is -8.51. The first-order valence-corrected chi connectivity index (χ1v) is 19.0. The summed E-state index contributed by atoms with van der Waals surface area (Å²) >= 11 is 0. The van der Waals surface area contributed by atoms with Crippen LogP contribution in [0.4, 0.5) is 0 Å². The number of rotatable bonds is 17. The first kappa shape index (κ1) is 44.9. The van der Waals surface area contributed by atoms with Gasteiger partial charge in [-0.05, 0) is 31.7 Å². The molecule has 18 atom stereocenters. The minimum Gasteiger partial charge on any atom is -0.394 e. The topological polar surface area (TPSA) is 412 Å². The van der Waals surface area contributed by atoms with E-state index in [1.165, 1.54) is 0 Å². The number of nitrogens with two attached hydrogens (primary N) is 7. The molecule has 23 nitrogen and oxygen atoms in total. The van der Waals surface area contributed by atoms with E-state index >= 15 is 0 Å². The number of aliphatic hydroxyl groups excluding tert-OH is 6. The Morgan fingerprint density at radius 2 is 1.50 bits per heavy atom. The molecule has 0 bridgehead atoms. The van der Waals surface area contributed by atoms with Crippen LogP contribution in [0.15, 0.2) is 17.1 Å². The fourth-order valence-electron chi connectivity index (χ4n) is 7.58. The number of amides is 1. The number of ether oxygens (including phenoxy) is 6. The second kappa shape index (κ2) is 20.1. The molecule has 2 saturated heterocycles. The summed E-state index contributed by atoms with van der Waals surface area (Å²) in [7, 11) is 0. The molecule has 5 rings (SSSR count). The van der Waals surface area contributed by atoms with Crippen molar-refractivity contribution in [3.63, 3.8) is 0 Å². The second-order valence-electron chi connectivity index (χ2n) is 15.2. The van der Waals surface area contributed by atoms with Gasteiger partial charge in [0.15, 0.2) is 24.8 Å². The standard InChI is InChI=1S/C33H62N10O13/c34-8-19-23(47)24(48)21(38)31(52-19)55-27-20(11-44)53-32(25(27)49)56-28-22(46)17(43-29(50)18(45)3-4-42-33(39)40)7-16(37)26(28)54-30-15(36)2-1-14(51-30)10-41-9-12-5-13(35)6-12/h1-2,12-28,30-32,41,44-49H,3-11,34-38H2,(H,43,50)(H4,39,40,42)/t12?,13?,14-,15+,16-,17+,18-,19-,20+,21+,22-,23+,24+,25+,26+,27+,28+,30+,31+,32-/m0/s1. The quantitative estimate of drug-likeness (QED) is 0.0368. The Morgan fingerprint density at radius 3 is 2.16 bits per heavy atom. The molecule has 3 heterocycles. The van der Waals surface area contributed by atoms with Crippen LogP contribution in [0.2, 0.25) is 0 Å². The van der Waals surface area contributed by atoms with Crippen molar-refractivity contribution in [2.24, 2.45) is 51.0 Å². The summed E-state index contributed by atoms with van der Waals surface area (Å²) in [5, 5.41) is 70.6. The van der Waals surface area contributed by atoms with Gasteiger partial charge in [0.1, 0.15) is 61.0 Å². The van der Waals surface area contributed by atoms with Crippen molar-refractivity contribution in [1.82, 2.24) is 10.6 Å². The van der Waals surface area contributed by atoms with Crippen molar-refractivity contribution < 1.29 is 63.9 Å². The van der Waals surface area contributed by atoms with Gasteiger partial charge >= 0.3 is 0 Å². The number of carbonyl (C=O) groups is 1. The monoisotopic (exact) mass is 806 g/mol. The van der Waals surface area contributed by atoms with E-state index < -0.39 is 123 Å². The lowest BCUT2D eigenvalue weighted by atomic mass is 9.81. The summed E-state index contributed by atoms with van der Waals surface area (Å²) < 4.78 is 36.2. The highest BCUT2D eigenvalue weighted by molar-refractivity contribution is 5.81. The zero-order chi connectivity index (χ0) is 40.8. The first-order valence-electron chi connectivity index (χ1n) is 19.0. The van der Waals surface area contributed by atoms with E-state index in [-0.39, 0.29) is 37.9 Å². The maximum absolute atomic E-state index is 13.0. The fourth-order valence-corrected chi connectivity index (χ4v) is 7.58. The molecule has 56 heavy (non-hydrogen) atoms. The maximum Gasteiger partial charge on any atom is 0.249 e. The number of nitrogens with one attached hydrogen (secondary N) is 2. The Labute approximate surface area is 324 Å². The Kier molecular flexibility index (Phi) is 16.1. The molecule has 0 aromatic heterocycles. The van der Waals surface area contributed by atoms with E-state index in [0.29, 0.717) is 12.5 Å². The second-order valence-corrected chi connectivity index (χ2v) is 15.2. The van der Waals surface area contributed by atoms with Crippen LogP contribution in [0.1, 0.15) is 25.7 Å². The zero-order valence-corrected chi connectivity index (χ0v) is 31.1. The molecule has 22 N–H and O–H groups in total. The van der Waals surface area contributed by atoms with Gasteiger partial charge in [0, 0.05) is 38.1 Å². The molecule has 0 unspecified atom stereocenters. The summed E-state index contributed by atoms with van der Waals surface area (Å²) in [6.07, 6.45) is -13.2. The molecule has 23 heteroatoms. The number of hydrogen-bond acceptors (Lipinski definition) is 20. The summed E-state index contributed by atoms with van der Waals surface area (Å²) in [5.41, 5.74) is 41.3. The molecule has 322 valence electrons. The average Bonchev–Trinajstić information content (AvgIpc) is 3.44. The number of nitrogens with zero attached hydrogens (tertiary/aromatic N) is 1. The smallest absolute Gasteiger partial charge is 0.249 e. The lowest BCUT2D eigenvalue weighted by molar-refractivity contribution is -0.284. The highest BCUT2D eigenvalue weighted by atomic mass is 16.8. The van der Waals surface area contributed by atoms with Crippen LogP contribution >= 0.6 is 0 Å². The molecule has 1 amide bonds. The Balaban J connectivity index is 1.31. The Hall–Kier alpha value is -2.24. The van der Waals surface area contributed by atoms with Gasteiger partial charge in [-0.3, -0.25) is 9.79 Å². The molecule has 5 aliphatic rings. The molecular formula is C33H62N10O13. The summed E-state index contributed by atoms with van der Waals surface area (Å²) in [6, 6.07) is -3.87. The van der Waals surface area contributed by atoms with Crippen LogP contribution in [-0.4, -0.2) is 192 Å². The summed E-state index contributed by atoms with van der Waals surface area (Å²) in [4.78, 5) is 16.8. The van der Waals surface area contributed by atoms with Crippen molar-refractivity contribution in [2.75, 3.05) is 32.8 Å². The minimum atomic E-state index is -1.67. The molecule has 0 aromatic rings. The predicted molar refractivity (Wildman–Crippen MR) is 195 cm³/mol. The number of aliphatic imine (C=N–C) groups is 1. The van der Waals surface area contributed by atoms with E-state index in [9.17, 15) is 35.4 Å². The molecule has 0 radical (unpaired) electrons. The first-order chi connectivity index (χ1) is 26.6. The van der Waals surface area contributed by atoms with E-state index in [0.717, 1.165) is 19.4 Å². The van der Waals surface area contributed by atoms with Crippen molar-refractivity contribution in [2.45, 2.75) is 142 Å². The van der Waals surface area contributed by atoms with Crippen LogP contribution in [0.25, 0.3) is 0 Å². The van der Waals surface area contributed by atoms with Crippen LogP contribution in [0.3, 0.4) is 0 Å². The fraction of sp³-hybridized carbons (Fsp3) is 0.879. The minimum absolute atomic E-state index is 0.0396. The van der Waals surface area contributed by atoms with E-state index in [2.05, 4.69) is 15.6 Å². The van der Waals surface area contributed by atoms with Gasteiger partial charge in [-0.1, -0.05) is 12.2 Å². The van der Waals surface area contributed by atoms with Crippen LogP contribution in [-0.2, 0) is 33.2 Å². The normalized spacial score (nSPS) is 44.5. The summed E-state index contributed by atoms with van der Waals surface area (Å²) in [5.74, 6) is -0.573. The summed E-state index contributed by atoms with van der Waals surface area (Å²) in [6.45, 7) is 0.312. The number of hydrogen-bond donors (Lipinski definition) is 15. The SMILES string of the molecule is NC[C@@H]1O[C@H](O[C@H]2[C@@H](O)[C@H](O[C@@H]3[C@@H](O)[C@H](NC(=O)[C@@H](O)CCN=C(N)N)C[C@H](N)[C@H]3O[C@H]3O[C@H](CNCC4CC(N)C4)C=C[C@H]3N)O[C@@H]2CO)[C@H](N)[C@@H](O)[C@@H]1O. The van der Waals surface area contributed by atoms with E-state index in [1.807, 2.05) is 6.08 Å². The van der Waals surface area contributed by atoms with E-state index in [1.54, 1.807) is 6.08 Å². The molecule has 2 aliphatic carbocycles. The molecular weight excluding hydrogens is 744 g/mol. The van der Waals surface area contributed by atoms with Crippen LogP contribution in [0, 0.1) is 5.92 Å². The van der Waals surface area contributed by atoms with Gasteiger partial charge in [-0.2, -0.15) is 0 Å². The maximum atomic E-state index is 13.0. The largest absolute Gasteiger partial charge is 0.394 e. The zero-order valence-electron chi connectivity index (χ0n) is 31.1. The molecule has 0 aromatic carbocycles. The number of aliphatic hydroxyl groups is 6. The van der Waals surface area contributed by atoms with Crippen molar-refractivity contribution >= 4 is 11.9 Å². The van der Waals surface area contributed by atoms with Crippen molar-refractivity contribution in [3.05, 3.63) is 12.2 Å². The third-order valence-electron chi connectivity index (χ3n) is 10.9. The molecule has 2 saturated carbocycles. The Morgan fingerprint density at radius 1 is 0.821 bits per heavy atom. The molecule has 3 aliphatic heterocycles. The third-order valence-corrected chi connectivity index (χ3v) is 10.9. The lowest BCUT2D eigenvalue weighted by Crippen LogP contribution is -2.67. The third kappa shape index (κ3) is 10.9. The van der Waals surface area contributed by atoms with E-state index in [4.69, 9.17) is 68.6 Å². The van der Waals surface area contributed by atoms with Gasteiger partial charge in [0.05, 0.1) is 30.8 Å². The highest BCUT2D eigenvalue weighted by Crippen LogP contribution is 2.34. The Bertz CT molecular complexity index is 1320. The lowest BCUT2D eigenvalue weighted by Gasteiger charge is -2.46. The van der Waals surface area contributed by atoms with Gasteiger partial charge < -0.3 is 110 Å². The number of carbonyl (C=O) groups excluding carboxylic acids is 1. The van der Waals surface area contributed by atoms with Crippen molar-refractivity contribution in [1.29, 1.82) is 0 Å². The van der Waals surface area contributed by atoms with Crippen LogP contribution < -0.4 is 50.8 Å². The highest BCUT2D eigenvalue weighted by Gasteiger charge is 2.54. The average molecular weight is 807 g/mol. The van der Waals surface area contributed by atoms with Crippen molar-refractivity contribution in [3.8, 4) is 0 Å². The van der Waals surface area contributed by atoms with Gasteiger partial charge in [0.2, 0.25) is 5.91 Å². The van der Waals surface area contributed by atoms with Gasteiger partial charge in [-0.15, -0.1) is 0 Å². The molecule has 0 spiro atoms. The molecule has 4 fully saturated rings.